The van der Waals surface area contributed by atoms with E-state index in [1.165, 1.54) is 78.2 Å². The van der Waals surface area contributed by atoms with Gasteiger partial charge in [0.1, 0.15) is 11.6 Å². The molecule has 4 heterocycles. The highest BCUT2D eigenvalue weighted by Gasteiger charge is 2.27. The molecule has 0 aliphatic carbocycles. The van der Waals surface area contributed by atoms with Gasteiger partial charge in [-0.3, -0.25) is 9.80 Å². The maximum Gasteiger partial charge on any atom is 0.137 e. The van der Waals surface area contributed by atoms with Crippen molar-refractivity contribution in [2.24, 2.45) is 0 Å². The lowest BCUT2D eigenvalue weighted by molar-refractivity contribution is 1.16. The van der Waals surface area contributed by atoms with Crippen LogP contribution < -0.4 is 9.80 Å². The number of hydrogen-bond acceptors (Lipinski definition) is 6. The van der Waals surface area contributed by atoms with Gasteiger partial charge in [0.05, 0.1) is 32.1 Å². The van der Waals surface area contributed by atoms with Gasteiger partial charge in [-0.25, -0.2) is 9.97 Å². The van der Waals surface area contributed by atoms with Crippen molar-refractivity contribution in [2.75, 3.05) is 9.80 Å². The van der Waals surface area contributed by atoms with Gasteiger partial charge in [-0.15, -0.1) is 29.3 Å². The van der Waals surface area contributed by atoms with Crippen LogP contribution in [0.4, 0.5) is 34.4 Å². The van der Waals surface area contributed by atoms with Crippen LogP contribution in [0, 0.1) is 0 Å². The number of pyridine rings is 2. The average molecular weight is 791 g/mol. The molecule has 0 radical (unpaired) electrons. The molecule has 0 unspecified atom stereocenters. The van der Waals surface area contributed by atoms with Crippen LogP contribution in [0.1, 0.15) is 5.56 Å². The predicted octanol–water partition coefficient (Wildman–Crippen LogP) is 15.8. The monoisotopic (exact) mass is 790 g/mol. The van der Waals surface area contributed by atoms with Crippen LogP contribution in [0.2, 0.25) is 0 Å². The first-order valence-electron chi connectivity index (χ1n) is 19.8. The molecular formula is C53H34N4S2. The molecule has 59 heavy (non-hydrogen) atoms. The summed E-state index contributed by atoms with van der Waals surface area (Å²) in [5, 5.41) is 12.3. The first-order valence-corrected chi connectivity index (χ1v) is 21.5. The van der Waals surface area contributed by atoms with Gasteiger partial charge in [0.15, 0.2) is 0 Å². The maximum atomic E-state index is 5.04. The Morgan fingerprint density at radius 3 is 1.64 bits per heavy atom. The SMILES string of the molecule is C=CCc1cc2ccc3c(N(c4ccccn4)c4cccc5c4sc4ccccc45)ccc4ccc(c1N(c1ccccn1)c1cccc5c1sc1ccccc15)c2c43. The summed E-state index contributed by atoms with van der Waals surface area (Å²) in [6, 6.07) is 59.3. The quantitative estimate of drug-likeness (QED) is 0.113. The normalized spacial score (nSPS) is 11.9. The molecule has 4 nitrogen and oxygen atoms in total. The van der Waals surface area contributed by atoms with Gasteiger partial charge in [0.2, 0.25) is 0 Å². The zero-order valence-corrected chi connectivity index (χ0v) is 33.5. The van der Waals surface area contributed by atoms with Crippen LogP contribution in [-0.2, 0) is 6.42 Å². The molecule has 8 aromatic carbocycles. The molecule has 4 aromatic heterocycles. The van der Waals surface area contributed by atoms with Crippen LogP contribution in [0.25, 0.3) is 72.7 Å². The molecule has 6 heteroatoms. The van der Waals surface area contributed by atoms with Crippen LogP contribution in [0.3, 0.4) is 0 Å². The summed E-state index contributed by atoms with van der Waals surface area (Å²) in [5.41, 5.74) is 5.63. The minimum absolute atomic E-state index is 0.704. The van der Waals surface area contributed by atoms with Gasteiger partial charge in [0, 0.05) is 54.1 Å². The lowest BCUT2D eigenvalue weighted by Crippen LogP contribution is -2.14. The molecule has 0 saturated carbocycles. The third-order valence-corrected chi connectivity index (χ3v) is 14.1. The van der Waals surface area contributed by atoms with Crippen molar-refractivity contribution in [3.05, 3.63) is 194 Å². The van der Waals surface area contributed by atoms with E-state index in [2.05, 4.69) is 168 Å². The Bertz CT molecular complexity index is 3570. The van der Waals surface area contributed by atoms with E-state index in [-0.39, 0.29) is 0 Å². The molecule has 0 aliphatic heterocycles. The van der Waals surface area contributed by atoms with E-state index in [1.54, 1.807) is 0 Å². The summed E-state index contributed by atoms with van der Waals surface area (Å²) in [6.07, 6.45) is 6.51. The standard InChI is InChI=1S/C53H34N4S2/c1-2-13-35-32-34-25-27-40-42(56(47-22-7-9-30-54-47)43-18-11-16-38-36-14-3-5-20-45(36)58-52(38)43)29-26-33-24-28-41(50(34)49(33)40)51(35)57(48-23-8-10-31-55-48)44-19-12-17-39-37-15-4-6-21-46(37)59-53(39)44/h2-12,14-32H,1,13H2. The van der Waals surface area contributed by atoms with Gasteiger partial charge in [-0.1, -0.05) is 109 Å². The summed E-state index contributed by atoms with van der Waals surface area (Å²) < 4.78 is 5.02. The Hall–Kier alpha value is -7.12. The highest BCUT2D eigenvalue weighted by molar-refractivity contribution is 7.26. The zero-order chi connectivity index (χ0) is 39.0. The van der Waals surface area contributed by atoms with Crippen molar-refractivity contribution in [3.63, 3.8) is 0 Å². The summed E-state index contributed by atoms with van der Waals surface area (Å²) in [5.74, 6) is 1.75. The first kappa shape index (κ1) is 34.0. The van der Waals surface area contributed by atoms with E-state index in [0.29, 0.717) is 6.42 Å². The largest absolute Gasteiger partial charge is 0.293 e. The number of aromatic nitrogens is 2. The fourth-order valence-electron chi connectivity index (χ4n) is 9.20. The minimum Gasteiger partial charge on any atom is -0.293 e. The second kappa shape index (κ2) is 13.5. The summed E-state index contributed by atoms with van der Waals surface area (Å²) in [7, 11) is 0. The lowest BCUT2D eigenvalue weighted by Gasteiger charge is -2.30. The van der Waals surface area contributed by atoms with Gasteiger partial charge < -0.3 is 0 Å². The number of thiophene rings is 2. The van der Waals surface area contributed by atoms with Crippen molar-refractivity contribution in [2.45, 2.75) is 6.42 Å². The zero-order valence-electron chi connectivity index (χ0n) is 31.8. The third-order valence-electron chi connectivity index (χ3n) is 11.6. The smallest absolute Gasteiger partial charge is 0.137 e. The van der Waals surface area contributed by atoms with E-state index in [4.69, 9.17) is 9.97 Å². The number of rotatable bonds is 8. The number of anilines is 6. The molecule has 0 aliphatic rings. The molecule has 0 amide bonds. The first-order chi connectivity index (χ1) is 29.2. The van der Waals surface area contributed by atoms with Crippen LogP contribution in [-0.4, -0.2) is 9.97 Å². The van der Waals surface area contributed by atoms with Crippen molar-refractivity contribution in [3.8, 4) is 0 Å². The predicted molar refractivity (Wildman–Crippen MR) is 255 cm³/mol. The number of benzene rings is 8. The Labute approximate surface area is 348 Å². The number of allylic oxidation sites excluding steroid dienone is 1. The van der Waals surface area contributed by atoms with E-state index in [1.807, 2.05) is 53.3 Å². The molecule has 12 rings (SSSR count). The molecular weight excluding hydrogens is 757 g/mol. The van der Waals surface area contributed by atoms with E-state index in [9.17, 15) is 0 Å². The third kappa shape index (κ3) is 5.20. The Kier molecular flexibility index (Phi) is 7.77. The topological polar surface area (TPSA) is 32.3 Å². The van der Waals surface area contributed by atoms with Crippen molar-refractivity contribution >= 4 is 130 Å². The molecule has 0 fully saturated rings. The summed E-state index contributed by atoms with van der Waals surface area (Å²) >= 11 is 3.68. The summed E-state index contributed by atoms with van der Waals surface area (Å²) in [6.45, 7) is 4.24. The number of nitrogens with zero attached hydrogens (tertiary/aromatic N) is 4. The van der Waals surface area contributed by atoms with Gasteiger partial charge >= 0.3 is 0 Å². The molecule has 0 spiro atoms. The summed E-state index contributed by atoms with van der Waals surface area (Å²) in [4.78, 5) is 14.8. The van der Waals surface area contributed by atoms with Gasteiger partial charge in [0.25, 0.3) is 0 Å². The minimum atomic E-state index is 0.704. The molecule has 0 saturated heterocycles. The van der Waals surface area contributed by atoms with Crippen molar-refractivity contribution in [1.82, 2.24) is 9.97 Å². The fraction of sp³-hybridized carbons (Fsp3) is 0.0189. The van der Waals surface area contributed by atoms with E-state index in [0.717, 1.165) is 34.4 Å². The fourth-order valence-corrected chi connectivity index (χ4v) is 11.6. The van der Waals surface area contributed by atoms with Gasteiger partial charge in [-0.05, 0) is 94.2 Å². The van der Waals surface area contributed by atoms with Gasteiger partial charge in [-0.2, -0.15) is 0 Å². The van der Waals surface area contributed by atoms with Crippen LogP contribution >= 0.6 is 22.7 Å². The van der Waals surface area contributed by atoms with E-state index >= 15 is 0 Å². The highest BCUT2D eigenvalue weighted by Crippen LogP contribution is 2.52. The molecule has 0 bridgehead atoms. The lowest BCUT2D eigenvalue weighted by atomic mass is 9.89. The maximum absolute atomic E-state index is 5.04. The number of fused-ring (bicyclic) bond motifs is 6. The Morgan fingerprint density at radius 1 is 0.458 bits per heavy atom. The Morgan fingerprint density at radius 2 is 1.00 bits per heavy atom. The van der Waals surface area contributed by atoms with Crippen LogP contribution in [0.15, 0.2) is 189 Å². The Balaban J connectivity index is 1.16. The second-order valence-corrected chi connectivity index (χ2v) is 17.0. The average Bonchev–Trinajstić information content (AvgIpc) is 3.87. The molecule has 0 atom stereocenters. The molecule has 12 aromatic rings. The van der Waals surface area contributed by atoms with Crippen LogP contribution in [0.5, 0.6) is 0 Å². The number of hydrogen-bond donors (Lipinski definition) is 0. The van der Waals surface area contributed by atoms with Crippen molar-refractivity contribution < 1.29 is 0 Å². The highest BCUT2D eigenvalue weighted by atomic mass is 32.1. The van der Waals surface area contributed by atoms with E-state index < -0.39 is 0 Å². The molecule has 0 N–H and O–H groups in total. The second-order valence-electron chi connectivity index (χ2n) is 14.9. The van der Waals surface area contributed by atoms with Crippen molar-refractivity contribution in [1.29, 1.82) is 0 Å². The molecule has 278 valence electrons.